The summed E-state index contributed by atoms with van der Waals surface area (Å²) in [4.78, 5) is 24.8. The lowest BCUT2D eigenvalue weighted by Crippen LogP contribution is -2.42. The average molecular weight is 357 g/mol. The number of nitrogens with zero attached hydrogens (tertiary/aromatic N) is 1. The molecule has 1 aromatic carbocycles. The highest BCUT2D eigenvalue weighted by Crippen LogP contribution is 2.28. The molecule has 0 saturated carbocycles. The van der Waals surface area contributed by atoms with Crippen molar-refractivity contribution in [2.24, 2.45) is 5.92 Å². The number of anilines is 1. The number of carbonyl (C=O) groups excluding carboxylic acids is 1. The van der Waals surface area contributed by atoms with Gasteiger partial charge in [-0.25, -0.2) is 4.79 Å². The number of benzene rings is 1. The van der Waals surface area contributed by atoms with E-state index in [1.807, 2.05) is 0 Å². The smallest absolute Gasteiger partial charge is 0.321 e. The van der Waals surface area contributed by atoms with Crippen molar-refractivity contribution >= 4 is 29.3 Å². The number of carboxylic acid groups (broad SMARTS) is 1. The number of carbonyl (C=O) groups is 2. The van der Waals surface area contributed by atoms with Crippen LogP contribution < -0.4 is 10.1 Å². The van der Waals surface area contributed by atoms with Crippen molar-refractivity contribution in [1.82, 2.24) is 4.90 Å². The SMILES string of the molecule is COCCOc1ccc(NC(=O)N2CCC(C(=O)O)CC2)cc1Cl. The molecule has 2 rings (SSSR count). The zero-order valence-corrected chi connectivity index (χ0v) is 14.2. The standard InChI is InChI=1S/C16H21ClN2O5/c1-23-8-9-24-14-3-2-12(10-13(14)17)18-16(22)19-6-4-11(5-7-19)15(20)21/h2-3,10-11H,4-9H2,1H3,(H,18,22)(H,20,21). The minimum absolute atomic E-state index is 0.261. The number of carboxylic acids is 1. The van der Waals surface area contributed by atoms with E-state index in [4.69, 9.17) is 26.2 Å². The summed E-state index contributed by atoms with van der Waals surface area (Å²) in [5, 5.41) is 12.1. The lowest BCUT2D eigenvalue weighted by atomic mass is 9.97. The molecule has 1 aliphatic rings. The van der Waals surface area contributed by atoms with Crippen LogP contribution in [-0.2, 0) is 9.53 Å². The summed E-state index contributed by atoms with van der Waals surface area (Å²) < 4.78 is 10.4. The van der Waals surface area contributed by atoms with Crippen molar-refractivity contribution in [1.29, 1.82) is 0 Å². The first-order valence-corrected chi connectivity index (χ1v) is 8.09. The number of piperidine rings is 1. The van der Waals surface area contributed by atoms with Crippen molar-refractivity contribution < 1.29 is 24.2 Å². The second-order valence-electron chi connectivity index (χ2n) is 5.52. The molecule has 132 valence electrons. The average Bonchev–Trinajstić information content (AvgIpc) is 2.57. The number of likely N-dealkylation sites (tertiary alicyclic amines) is 1. The predicted octanol–water partition coefficient (Wildman–Crippen LogP) is 2.69. The molecule has 1 aliphatic heterocycles. The van der Waals surface area contributed by atoms with E-state index in [9.17, 15) is 9.59 Å². The number of nitrogens with one attached hydrogen (secondary N) is 1. The zero-order valence-electron chi connectivity index (χ0n) is 13.5. The number of aliphatic carboxylic acids is 1. The molecular formula is C16H21ClN2O5. The molecule has 1 saturated heterocycles. The molecule has 2 N–H and O–H groups in total. The Bertz CT molecular complexity index is 588. The molecule has 1 aromatic rings. The number of urea groups is 1. The monoisotopic (exact) mass is 356 g/mol. The summed E-state index contributed by atoms with van der Waals surface area (Å²) >= 11 is 6.14. The van der Waals surface area contributed by atoms with Crippen LogP contribution in [-0.4, -0.2) is 55.4 Å². The van der Waals surface area contributed by atoms with Gasteiger partial charge in [0.1, 0.15) is 12.4 Å². The van der Waals surface area contributed by atoms with Gasteiger partial charge in [0.2, 0.25) is 0 Å². The molecule has 0 unspecified atom stereocenters. The molecule has 24 heavy (non-hydrogen) atoms. The van der Waals surface area contributed by atoms with Gasteiger partial charge in [-0.3, -0.25) is 4.79 Å². The van der Waals surface area contributed by atoms with E-state index in [1.54, 1.807) is 30.2 Å². The van der Waals surface area contributed by atoms with Crippen molar-refractivity contribution in [3.05, 3.63) is 23.2 Å². The first-order chi connectivity index (χ1) is 11.5. The Morgan fingerprint density at radius 2 is 2.04 bits per heavy atom. The summed E-state index contributed by atoms with van der Waals surface area (Å²) in [6.07, 6.45) is 0.936. The van der Waals surface area contributed by atoms with E-state index >= 15 is 0 Å². The van der Waals surface area contributed by atoms with Crippen LogP contribution in [0.4, 0.5) is 10.5 Å². The summed E-state index contributed by atoms with van der Waals surface area (Å²) in [6.45, 7) is 1.70. The second kappa shape index (κ2) is 8.75. The Balaban J connectivity index is 1.88. The normalized spacial score (nSPS) is 15.2. The van der Waals surface area contributed by atoms with Crippen LogP contribution in [0.5, 0.6) is 5.75 Å². The maximum Gasteiger partial charge on any atom is 0.321 e. The maximum atomic E-state index is 12.2. The highest BCUT2D eigenvalue weighted by Gasteiger charge is 2.27. The number of rotatable bonds is 6. The van der Waals surface area contributed by atoms with Crippen molar-refractivity contribution in [2.75, 3.05) is 38.7 Å². The van der Waals surface area contributed by atoms with Gasteiger partial charge in [-0.05, 0) is 31.0 Å². The van der Waals surface area contributed by atoms with E-state index in [-0.39, 0.29) is 11.9 Å². The van der Waals surface area contributed by atoms with Gasteiger partial charge >= 0.3 is 12.0 Å². The molecule has 2 amide bonds. The largest absolute Gasteiger partial charge is 0.490 e. The number of hydrogen-bond donors (Lipinski definition) is 2. The van der Waals surface area contributed by atoms with Crippen LogP contribution in [0.15, 0.2) is 18.2 Å². The molecular weight excluding hydrogens is 336 g/mol. The molecule has 0 radical (unpaired) electrons. The fourth-order valence-electron chi connectivity index (χ4n) is 2.46. The Morgan fingerprint density at radius 1 is 1.33 bits per heavy atom. The van der Waals surface area contributed by atoms with E-state index in [0.29, 0.717) is 55.6 Å². The minimum Gasteiger partial charge on any atom is -0.490 e. The van der Waals surface area contributed by atoms with Gasteiger partial charge in [0, 0.05) is 25.9 Å². The van der Waals surface area contributed by atoms with Gasteiger partial charge in [0.15, 0.2) is 0 Å². The van der Waals surface area contributed by atoms with Crippen LogP contribution in [0.2, 0.25) is 5.02 Å². The number of amides is 2. The molecule has 8 heteroatoms. The predicted molar refractivity (Wildman–Crippen MR) is 89.8 cm³/mol. The molecule has 1 heterocycles. The lowest BCUT2D eigenvalue weighted by molar-refractivity contribution is -0.143. The molecule has 1 fully saturated rings. The minimum atomic E-state index is -0.800. The van der Waals surface area contributed by atoms with Crippen LogP contribution in [0, 0.1) is 5.92 Å². The van der Waals surface area contributed by atoms with E-state index in [1.165, 1.54) is 0 Å². The Labute approximate surface area is 145 Å². The first kappa shape index (κ1) is 18.4. The van der Waals surface area contributed by atoms with Crippen LogP contribution >= 0.6 is 11.6 Å². The van der Waals surface area contributed by atoms with Gasteiger partial charge in [-0.1, -0.05) is 11.6 Å². The Kier molecular flexibility index (Phi) is 6.69. The summed E-state index contributed by atoms with van der Waals surface area (Å²) in [5.41, 5.74) is 0.560. The number of ether oxygens (including phenoxy) is 2. The first-order valence-electron chi connectivity index (χ1n) is 7.71. The van der Waals surface area contributed by atoms with Gasteiger partial charge in [-0.15, -0.1) is 0 Å². The third kappa shape index (κ3) is 5.01. The fraction of sp³-hybridized carbons (Fsp3) is 0.500. The second-order valence-corrected chi connectivity index (χ2v) is 5.92. The van der Waals surface area contributed by atoms with Gasteiger partial charge < -0.3 is 24.8 Å². The van der Waals surface area contributed by atoms with Gasteiger partial charge in [0.25, 0.3) is 0 Å². The van der Waals surface area contributed by atoms with Gasteiger partial charge in [-0.2, -0.15) is 0 Å². The maximum absolute atomic E-state index is 12.2. The van der Waals surface area contributed by atoms with Crippen molar-refractivity contribution in [2.45, 2.75) is 12.8 Å². The number of hydrogen-bond acceptors (Lipinski definition) is 4. The van der Waals surface area contributed by atoms with Crippen molar-refractivity contribution in [3.63, 3.8) is 0 Å². The Hall–Kier alpha value is -1.99. The highest BCUT2D eigenvalue weighted by molar-refractivity contribution is 6.32. The topological polar surface area (TPSA) is 88.1 Å². The molecule has 0 spiro atoms. The highest BCUT2D eigenvalue weighted by atomic mass is 35.5. The molecule has 0 bridgehead atoms. The number of halogens is 1. The summed E-state index contributed by atoms with van der Waals surface area (Å²) in [5.74, 6) is -0.646. The molecule has 0 aromatic heterocycles. The third-order valence-electron chi connectivity index (χ3n) is 3.86. The summed E-state index contributed by atoms with van der Waals surface area (Å²) in [6, 6.07) is 4.74. The van der Waals surface area contributed by atoms with Crippen LogP contribution in [0.3, 0.4) is 0 Å². The van der Waals surface area contributed by atoms with E-state index in [0.717, 1.165) is 0 Å². The zero-order chi connectivity index (χ0) is 17.5. The van der Waals surface area contributed by atoms with E-state index in [2.05, 4.69) is 5.32 Å². The van der Waals surface area contributed by atoms with Gasteiger partial charge in [0.05, 0.1) is 17.5 Å². The summed E-state index contributed by atoms with van der Waals surface area (Å²) in [7, 11) is 1.59. The van der Waals surface area contributed by atoms with Crippen molar-refractivity contribution in [3.8, 4) is 5.75 Å². The molecule has 7 nitrogen and oxygen atoms in total. The quantitative estimate of drug-likeness (QED) is 0.765. The lowest BCUT2D eigenvalue weighted by Gasteiger charge is -2.30. The molecule has 0 atom stereocenters. The third-order valence-corrected chi connectivity index (χ3v) is 4.15. The fourth-order valence-corrected chi connectivity index (χ4v) is 2.70. The molecule has 0 aliphatic carbocycles. The van der Waals surface area contributed by atoms with Crippen LogP contribution in [0.1, 0.15) is 12.8 Å². The number of methoxy groups -OCH3 is 1. The van der Waals surface area contributed by atoms with E-state index < -0.39 is 5.97 Å². The Morgan fingerprint density at radius 3 is 2.62 bits per heavy atom. The van der Waals surface area contributed by atoms with Crippen LogP contribution in [0.25, 0.3) is 0 Å².